The molecule has 1 aromatic carbocycles. The van der Waals surface area contributed by atoms with Crippen LogP contribution in [0.15, 0.2) is 18.2 Å². The van der Waals surface area contributed by atoms with E-state index in [0.717, 1.165) is 0 Å². The van der Waals surface area contributed by atoms with Crippen LogP contribution in [-0.4, -0.2) is 44.0 Å². The molecule has 0 bridgehead atoms. The van der Waals surface area contributed by atoms with Crippen LogP contribution in [0.5, 0.6) is 11.5 Å². The Kier molecular flexibility index (Phi) is 5.38. The van der Waals surface area contributed by atoms with Gasteiger partial charge in [0.15, 0.2) is 17.6 Å². The summed E-state index contributed by atoms with van der Waals surface area (Å²) in [6.07, 6.45) is -1.61. The van der Waals surface area contributed by atoms with E-state index in [-0.39, 0.29) is 13.2 Å². The van der Waals surface area contributed by atoms with Crippen LogP contribution >= 0.6 is 11.6 Å². The molecule has 0 radical (unpaired) electrons. The number of fused-ring (bicyclic) bond motifs is 1. The highest BCUT2D eigenvalue weighted by molar-refractivity contribution is 7.77. The summed E-state index contributed by atoms with van der Waals surface area (Å²) in [5.41, 5.74) is -0.804. The number of nitrogens with zero attached hydrogens (tertiary/aromatic N) is 1. The summed E-state index contributed by atoms with van der Waals surface area (Å²) < 4.78 is 39.4. The van der Waals surface area contributed by atoms with Crippen molar-refractivity contribution in [3.8, 4) is 11.5 Å². The van der Waals surface area contributed by atoms with Gasteiger partial charge in [-0.2, -0.15) is 0 Å². The van der Waals surface area contributed by atoms with Crippen molar-refractivity contribution < 1.29 is 27.8 Å². The predicted molar refractivity (Wildman–Crippen MR) is 83.2 cm³/mol. The van der Waals surface area contributed by atoms with Crippen molar-refractivity contribution >= 4 is 29.0 Å². The average molecular weight is 363 g/mol. The van der Waals surface area contributed by atoms with Gasteiger partial charge in [-0.15, -0.1) is 0 Å². The number of benzene rings is 1. The second-order valence-corrected chi connectivity index (χ2v) is 7.21. The molecule has 1 aliphatic heterocycles. The predicted octanol–water partition coefficient (Wildman–Crippen LogP) is 2.51. The molecule has 2 rings (SSSR count). The summed E-state index contributed by atoms with van der Waals surface area (Å²) in [4.78, 5) is 12.0. The molecule has 0 saturated carbocycles. The molecule has 2 atom stereocenters. The van der Waals surface area contributed by atoms with Crippen LogP contribution in [0, 0.1) is 0 Å². The lowest BCUT2D eigenvalue weighted by molar-refractivity contribution is 0.0262. The largest absolute Gasteiger partial charge is 0.755 e. The molecular formula is C14H17ClNO6S-. The number of carbonyl (C=O) groups excluding carboxylic acids is 1. The van der Waals surface area contributed by atoms with Gasteiger partial charge in [-0.05, 0) is 32.9 Å². The zero-order valence-corrected chi connectivity index (χ0v) is 14.5. The van der Waals surface area contributed by atoms with E-state index in [4.69, 9.17) is 25.8 Å². The van der Waals surface area contributed by atoms with Gasteiger partial charge < -0.3 is 18.8 Å². The third-order valence-electron chi connectivity index (χ3n) is 2.77. The van der Waals surface area contributed by atoms with Gasteiger partial charge >= 0.3 is 6.09 Å². The Balaban J connectivity index is 2.05. The number of ether oxygens (including phenoxy) is 3. The summed E-state index contributed by atoms with van der Waals surface area (Å²) in [7, 11) is 0. The van der Waals surface area contributed by atoms with Crippen molar-refractivity contribution in [2.75, 3.05) is 13.2 Å². The summed E-state index contributed by atoms with van der Waals surface area (Å²) in [6, 6.07) is 4.85. The van der Waals surface area contributed by atoms with E-state index < -0.39 is 29.1 Å². The molecule has 23 heavy (non-hydrogen) atoms. The van der Waals surface area contributed by atoms with Crippen molar-refractivity contribution in [1.29, 1.82) is 0 Å². The highest BCUT2D eigenvalue weighted by Crippen LogP contribution is 2.34. The third-order valence-corrected chi connectivity index (χ3v) is 3.66. The number of amides is 1. The quantitative estimate of drug-likeness (QED) is 0.768. The normalized spacial score (nSPS) is 18.2. The van der Waals surface area contributed by atoms with Gasteiger partial charge in [0.2, 0.25) is 0 Å². The maximum atomic E-state index is 12.0. The zero-order valence-electron chi connectivity index (χ0n) is 12.9. The van der Waals surface area contributed by atoms with Crippen LogP contribution in [-0.2, 0) is 16.0 Å². The molecule has 0 fully saturated rings. The van der Waals surface area contributed by atoms with E-state index in [9.17, 15) is 13.6 Å². The van der Waals surface area contributed by atoms with Gasteiger partial charge in [0.1, 0.15) is 12.2 Å². The first-order valence-corrected chi connectivity index (χ1v) is 8.25. The molecule has 128 valence electrons. The summed E-state index contributed by atoms with van der Waals surface area (Å²) in [6.45, 7) is 4.82. The molecule has 1 aliphatic rings. The lowest BCUT2D eigenvalue weighted by Gasteiger charge is -2.33. The Bertz CT molecular complexity index is 618. The Morgan fingerprint density at radius 1 is 1.48 bits per heavy atom. The lowest BCUT2D eigenvalue weighted by Crippen LogP contribution is -2.46. The molecule has 1 unspecified atom stereocenters. The first-order chi connectivity index (χ1) is 10.7. The number of hydrogen-bond acceptors (Lipinski definition) is 6. The smallest absolute Gasteiger partial charge is 0.421 e. The maximum absolute atomic E-state index is 12.0. The summed E-state index contributed by atoms with van der Waals surface area (Å²) in [5, 5.41) is 0.502. The van der Waals surface area contributed by atoms with Crippen LogP contribution in [0.3, 0.4) is 0 Å². The number of rotatable bonds is 3. The molecule has 0 N–H and O–H groups in total. The average Bonchev–Trinajstić information content (AvgIpc) is 2.42. The minimum Gasteiger partial charge on any atom is -0.755 e. The Morgan fingerprint density at radius 2 is 2.17 bits per heavy atom. The number of hydrogen-bond donors (Lipinski definition) is 0. The third kappa shape index (κ3) is 4.98. The SMILES string of the molecule is CC(C)(C)OC(=O)N(C[C@H]1COc2cc(Cl)ccc2O1)S(=O)[O-]. The maximum Gasteiger partial charge on any atom is 0.421 e. The van der Waals surface area contributed by atoms with E-state index in [1.807, 2.05) is 0 Å². The number of halogens is 1. The van der Waals surface area contributed by atoms with E-state index in [2.05, 4.69) is 0 Å². The molecule has 7 nitrogen and oxygen atoms in total. The van der Waals surface area contributed by atoms with Crippen LogP contribution in [0.25, 0.3) is 0 Å². The van der Waals surface area contributed by atoms with Gasteiger partial charge in [-0.25, -0.2) is 9.10 Å². The topological polar surface area (TPSA) is 88.1 Å². The van der Waals surface area contributed by atoms with Crippen LogP contribution in [0.1, 0.15) is 20.8 Å². The van der Waals surface area contributed by atoms with E-state index >= 15 is 0 Å². The van der Waals surface area contributed by atoms with Gasteiger partial charge in [0.05, 0.1) is 17.8 Å². The zero-order chi connectivity index (χ0) is 17.2. The molecule has 0 aliphatic carbocycles. The Labute approximate surface area is 141 Å². The Morgan fingerprint density at radius 3 is 2.78 bits per heavy atom. The number of carbonyl (C=O) groups is 1. The minimum atomic E-state index is -2.78. The lowest BCUT2D eigenvalue weighted by atomic mass is 10.2. The van der Waals surface area contributed by atoms with Gasteiger partial charge in [-0.1, -0.05) is 11.6 Å². The molecule has 0 spiro atoms. The molecular weight excluding hydrogens is 346 g/mol. The highest BCUT2D eigenvalue weighted by atomic mass is 35.5. The molecule has 1 heterocycles. The molecule has 1 aromatic rings. The summed E-state index contributed by atoms with van der Waals surface area (Å²) >= 11 is 3.08. The molecule has 0 aromatic heterocycles. The summed E-state index contributed by atoms with van der Waals surface area (Å²) in [5.74, 6) is 0.910. The van der Waals surface area contributed by atoms with Crippen LogP contribution < -0.4 is 9.47 Å². The standard InChI is InChI=1S/C14H18ClNO6S/c1-14(2,3)22-13(17)16(23(18)19)7-10-8-20-12-6-9(15)4-5-11(12)21-10/h4-6,10H,7-8H2,1-3H3,(H,18,19)/p-1/t10-/m0/s1. The highest BCUT2D eigenvalue weighted by Gasteiger charge is 2.29. The molecule has 9 heteroatoms. The van der Waals surface area contributed by atoms with E-state index in [1.165, 1.54) is 0 Å². The second-order valence-electron chi connectivity index (χ2n) is 5.90. The van der Waals surface area contributed by atoms with Gasteiger partial charge in [-0.3, -0.25) is 4.21 Å². The Hall–Kier alpha value is -1.51. The fourth-order valence-electron chi connectivity index (χ4n) is 1.87. The van der Waals surface area contributed by atoms with Crippen molar-refractivity contribution in [3.63, 3.8) is 0 Å². The van der Waals surface area contributed by atoms with Gasteiger partial charge in [0.25, 0.3) is 0 Å². The first-order valence-electron chi connectivity index (χ1n) is 6.84. The van der Waals surface area contributed by atoms with Crippen LogP contribution in [0.4, 0.5) is 4.79 Å². The van der Waals surface area contributed by atoms with Crippen molar-refractivity contribution in [2.45, 2.75) is 32.5 Å². The van der Waals surface area contributed by atoms with Crippen LogP contribution in [0.2, 0.25) is 5.02 Å². The molecule has 1 amide bonds. The fraction of sp³-hybridized carbons (Fsp3) is 0.500. The first kappa shape index (κ1) is 17.8. The monoisotopic (exact) mass is 362 g/mol. The van der Waals surface area contributed by atoms with Gasteiger partial charge in [0, 0.05) is 11.1 Å². The van der Waals surface area contributed by atoms with Crippen molar-refractivity contribution in [1.82, 2.24) is 4.31 Å². The second kappa shape index (κ2) is 6.94. The minimum absolute atomic E-state index is 0.0871. The van der Waals surface area contributed by atoms with E-state index in [1.54, 1.807) is 39.0 Å². The van der Waals surface area contributed by atoms with Crippen molar-refractivity contribution in [3.05, 3.63) is 23.2 Å². The molecule has 0 saturated heterocycles. The van der Waals surface area contributed by atoms with E-state index in [0.29, 0.717) is 20.8 Å². The fourth-order valence-corrected chi connectivity index (χ4v) is 2.48. The van der Waals surface area contributed by atoms with Crippen molar-refractivity contribution in [2.24, 2.45) is 0 Å².